The molecule has 1 N–H and O–H groups in total. The van der Waals surface area contributed by atoms with E-state index < -0.39 is 0 Å². The second-order valence-corrected chi connectivity index (χ2v) is 6.38. The van der Waals surface area contributed by atoms with Crippen LogP contribution in [0.2, 0.25) is 5.02 Å². The van der Waals surface area contributed by atoms with Crippen molar-refractivity contribution in [3.8, 4) is 5.75 Å². The number of carbonyl (C=O) groups is 1. The van der Waals surface area contributed by atoms with Crippen molar-refractivity contribution in [2.45, 2.75) is 26.6 Å². The molecule has 2 aromatic heterocycles. The smallest absolute Gasteiger partial charge is 0.270 e. The Labute approximate surface area is 156 Å². The number of rotatable bonds is 6. The average Bonchev–Trinajstić information content (AvgIpc) is 3.22. The zero-order chi connectivity index (χ0) is 18.7. The van der Waals surface area contributed by atoms with Crippen molar-refractivity contribution in [3.63, 3.8) is 0 Å². The van der Waals surface area contributed by atoms with Crippen molar-refractivity contribution >= 4 is 17.5 Å². The fraction of sp³-hybridized carbons (Fsp3) is 0.278. The summed E-state index contributed by atoms with van der Waals surface area (Å²) in [7, 11) is 1.87. The first kappa shape index (κ1) is 18.0. The third-order valence-corrected chi connectivity index (χ3v) is 4.46. The molecule has 0 aliphatic carbocycles. The summed E-state index contributed by atoms with van der Waals surface area (Å²) in [6.45, 7) is 4.01. The normalized spacial score (nSPS) is 12.0. The summed E-state index contributed by atoms with van der Waals surface area (Å²) in [6.07, 6.45) is 3.33. The van der Waals surface area contributed by atoms with Crippen LogP contribution < -0.4 is 10.1 Å². The van der Waals surface area contributed by atoms with E-state index in [9.17, 15) is 4.79 Å². The van der Waals surface area contributed by atoms with E-state index >= 15 is 0 Å². The van der Waals surface area contributed by atoms with E-state index in [0.717, 1.165) is 11.3 Å². The second kappa shape index (κ2) is 7.61. The highest BCUT2D eigenvalue weighted by Gasteiger charge is 2.18. The lowest BCUT2D eigenvalue weighted by molar-refractivity contribution is 0.0918. The van der Waals surface area contributed by atoms with Crippen LogP contribution in [0, 0.1) is 6.92 Å². The van der Waals surface area contributed by atoms with Crippen molar-refractivity contribution in [2.75, 3.05) is 0 Å². The Morgan fingerprint density at radius 2 is 2.00 bits per heavy atom. The number of nitrogens with one attached hydrogen (secondary N) is 1. The minimum absolute atomic E-state index is 0.123. The Bertz CT molecular complexity index is 901. The van der Waals surface area contributed by atoms with Crippen LogP contribution in [0.1, 0.15) is 34.7 Å². The van der Waals surface area contributed by atoms with Gasteiger partial charge in [0, 0.05) is 29.5 Å². The van der Waals surface area contributed by atoms with E-state index in [4.69, 9.17) is 16.3 Å². The molecule has 0 saturated heterocycles. The van der Waals surface area contributed by atoms with E-state index in [1.54, 1.807) is 47.4 Å². The molecule has 7 nitrogen and oxygen atoms in total. The molecule has 1 amide bonds. The van der Waals surface area contributed by atoms with E-state index in [-0.39, 0.29) is 18.7 Å². The molecular weight excluding hydrogens is 354 g/mol. The molecule has 26 heavy (non-hydrogen) atoms. The molecule has 2 heterocycles. The zero-order valence-electron chi connectivity index (χ0n) is 14.8. The van der Waals surface area contributed by atoms with Crippen LogP contribution in [0.25, 0.3) is 0 Å². The van der Waals surface area contributed by atoms with Gasteiger partial charge in [0.2, 0.25) is 0 Å². The number of ether oxygens (including phenoxy) is 1. The molecule has 0 aliphatic rings. The first-order valence-electron chi connectivity index (χ1n) is 8.15. The maximum Gasteiger partial charge on any atom is 0.270 e. The predicted molar refractivity (Wildman–Crippen MR) is 98.1 cm³/mol. The van der Waals surface area contributed by atoms with Gasteiger partial charge >= 0.3 is 0 Å². The van der Waals surface area contributed by atoms with Crippen LogP contribution in [0.5, 0.6) is 5.75 Å². The number of amides is 1. The molecule has 8 heteroatoms. The van der Waals surface area contributed by atoms with Gasteiger partial charge in [0.1, 0.15) is 11.4 Å². The lowest BCUT2D eigenvalue weighted by Gasteiger charge is -2.15. The van der Waals surface area contributed by atoms with Crippen LogP contribution in [0.4, 0.5) is 0 Å². The minimum Gasteiger partial charge on any atom is -0.471 e. The van der Waals surface area contributed by atoms with Crippen LogP contribution >= 0.6 is 11.6 Å². The minimum atomic E-state index is -0.224. The molecule has 0 fully saturated rings. The van der Waals surface area contributed by atoms with Crippen molar-refractivity contribution in [1.29, 1.82) is 0 Å². The van der Waals surface area contributed by atoms with Gasteiger partial charge in [-0.2, -0.15) is 10.2 Å². The molecule has 0 saturated carbocycles. The van der Waals surface area contributed by atoms with Gasteiger partial charge in [0.25, 0.3) is 5.91 Å². The van der Waals surface area contributed by atoms with Crippen LogP contribution in [-0.2, 0) is 13.8 Å². The number of carbonyl (C=O) groups excluding carboxylic acids is 1. The Hall–Kier alpha value is -2.80. The number of nitrogens with zero attached hydrogens (tertiary/aromatic N) is 4. The van der Waals surface area contributed by atoms with Crippen molar-refractivity contribution in [3.05, 3.63) is 64.7 Å². The highest BCUT2D eigenvalue weighted by atomic mass is 35.5. The third-order valence-electron chi connectivity index (χ3n) is 4.20. The fourth-order valence-electron chi connectivity index (χ4n) is 2.58. The number of benzene rings is 1. The lowest BCUT2D eigenvalue weighted by Crippen LogP contribution is -2.29. The first-order valence-corrected chi connectivity index (χ1v) is 8.53. The summed E-state index contributed by atoms with van der Waals surface area (Å²) >= 11 is 5.86. The van der Waals surface area contributed by atoms with Gasteiger partial charge in [-0.1, -0.05) is 11.6 Å². The van der Waals surface area contributed by atoms with E-state index in [0.29, 0.717) is 16.5 Å². The van der Waals surface area contributed by atoms with E-state index in [1.807, 2.05) is 20.9 Å². The van der Waals surface area contributed by atoms with Gasteiger partial charge in [0.05, 0.1) is 12.2 Å². The Morgan fingerprint density at radius 1 is 1.27 bits per heavy atom. The van der Waals surface area contributed by atoms with Gasteiger partial charge in [-0.15, -0.1) is 0 Å². The molecule has 1 atom stereocenters. The second-order valence-electron chi connectivity index (χ2n) is 5.95. The summed E-state index contributed by atoms with van der Waals surface area (Å²) in [5.41, 5.74) is 2.41. The zero-order valence-corrected chi connectivity index (χ0v) is 15.6. The van der Waals surface area contributed by atoms with Crippen LogP contribution in [-0.4, -0.2) is 25.5 Å². The number of aryl methyl sites for hydroxylation is 1. The maximum atomic E-state index is 12.6. The summed E-state index contributed by atoms with van der Waals surface area (Å²) in [5, 5.41) is 12.0. The predicted octanol–water partition coefficient (Wildman–Crippen LogP) is 3.11. The first-order chi connectivity index (χ1) is 12.5. The number of hydrogen-bond donors (Lipinski definition) is 1. The van der Waals surface area contributed by atoms with Gasteiger partial charge < -0.3 is 10.1 Å². The summed E-state index contributed by atoms with van der Waals surface area (Å²) < 4.78 is 8.94. The topological polar surface area (TPSA) is 74.0 Å². The van der Waals surface area contributed by atoms with Crippen LogP contribution in [0.15, 0.2) is 42.7 Å². The SMILES string of the molecule is Cc1c(C(C)NC(=O)c2ccnn2COc2ccc(Cl)cc2)cnn1C. The number of hydrogen-bond acceptors (Lipinski definition) is 4. The molecule has 0 spiro atoms. The van der Waals surface area contributed by atoms with Gasteiger partial charge in [-0.3, -0.25) is 9.48 Å². The van der Waals surface area contributed by atoms with E-state index in [2.05, 4.69) is 15.5 Å². The summed E-state index contributed by atoms with van der Waals surface area (Å²) in [4.78, 5) is 12.6. The summed E-state index contributed by atoms with van der Waals surface area (Å²) in [5.74, 6) is 0.425. The highest BCUT2D eigenvalue weighted by Crippen LogP contribution is 2.18. The van der Waals surface area contributed by atoms with E-state index in [1.165, 1.54) is 4.68 Å². The molecule has 0 radical (unpaired) electrons. The summed E-state index contributed by atoms with van der Waals surface area (Å²) in [6, 6.07) is 8.50. The van der Waals surface area contributed by atoms with Gasteiger partial charge in [0.15, 0.2) is 6.73 Å². The van der Waals surface area contributed by atoms with Crippen LogP contribution in [0.3, 0.4) is 0 Å². The quantitative estimate of drug-likeness (QED) is 0.720. The molecule has 136 valence electrons. The molecule has 0 bridgehead atoms. The van der Waals surface area contributed by atoms with Crippen molar-refractivity contribution in [2.24, 2.45) is 7.05 Å². The average molecular weight is 374 g/mol. The molecule has 3 rings (SSSR count). The van der Waals surface area contributed by atoms with Gasteiger partial charge in [-0.05, 0) is 44.2 Å². The maximum absolute atomic E-state index is 12.6. The monoisotopic (exact) mass is 373 g/mol. The Kier molecular flexibility index (Phi) is 5.27. The molecular formula is C18H20ClN5O2. The lowest BCUT2D eigenvalue weighted by atomic mass is 10.1. The molecule has 1 unspecified atom stereocenters. The van der Waals surface area contributed by atoms with Gasteiger partial charge in [-0.25, -0.2) is 4.68 Å². The Balaban J connectivity index is 1.66. The number of aromatic nitrogens is 4. The third kappa shape index (κ3) is 3.88. The fourth-order valence-corrected chi connectivity index (χ4v) is 2.71. The standard InChI is InChI=1S/C18H20ClN5O2/c1-12(16-10-21-23(3)13(16)2)22-18(25)17-8-9-20-24(17)11-26-15-6-4-14(19)5-7-15/h4-10,12H,11H2,1-3H3,(H,22,25). The Morgan fingerprint density at radius 3 is 2.65 bits per heavy atom. The highest BCUT2D eigenvalue weighted by molar-refractivity contribution is 6.30. The van der Waals surface area contributed by atoms with Crippen molar-refractivity contribution < 1.29 is 9.53 Å². The molecule has 0 aliphatic heterocycles. The number of halogens is 1. The molecule has 1 aromatic carbocycles. The largest absolute Gasteiger partial charge is 0.471 e. The van der Waals surface area contributed by atoms with Crippen molar-refractivity contribution in [1.82, 2.24) is 24.9 Å². The molecule has 3 aromatic rings.